The molecule has 0 bridgehead atoms. The minimum absolute atomic E-state index is 0.333. The van der Waals surface area contributed by atoms with E-state index in [1.54, 1.807) is 0 Å². The van der Waals surface area contributed by atoms with E-state index in [0.717, 1.165) is 38.9 Å². The summed E-state index contributed by atoms with van der Waals surface area (Å²) in [5.41, 5.74) is 0. The largest absolute Gasteiger partial charge is 0.355 e. The molecule has 0 aliphatic heterocycles. The zero-order chi connectivity index (χ0) is 12.6. The third kappa shape index (κ3) is 15.8. The van der Waals surface area contributed by atoms with Gasteiger partial charge < -0.3 is 18.9 Å². The van der Waals surface area contributed by atoms with Crippen molar-refractivity contribution in [1.29, 1.82) is 0 Å². The number of nitrogens with one attached hydrogen (secondary N) is 1. The molecule has 17 heavy (non-hydrogen) atoms. The Morgan fingerprint density at radius 1 is 0.706 bits per heavy atom. The van der Waals surface area contributed by atoms with Crippen LogP contribution in [0, 0.1) is 0 Å². The molecule has 0 heterocycles. The molecular weight excluding hydrogens is 222 g/mol. The van der Waals surface area contributed by atoms with Crippen molar-refractivity contribution >= 4 is 0 Å². The fraction of sp³-hybridized carbons (Fsp3) is 1.00. The van der Waals surface area contributed by atoms with Crippen LogP contribution in [-0.2, 0) is 18.9 Å². The van der Waals surface area contributed by atoms with Gasteiger partial charge in [0.15, 0.2) is 0 Å². The van der Waals surface area contributed by atoms with Crippen LogP contribution in [0.25, 0.3) is 0 Å². The molecule has 104 valence electrons. The Labute approximate surface area is 105 Å². The zero-order valence-corrected chi connectivity index (χ0v) is 11.2. The molecule has 0 radical (unpaired) electrons. The maximum Gasteiger partial charge on any atom is 0.148 e. The molecule has 0 atom stereocenters. The van der Waals surface area contributed by atoms with Gasteiger partial charge in [0.1, 0.15) is 27.0 Å². The number of hydrogen-bond donors (Lipinski definition) is 1. The molecule has 0 saturated heterocycles. The van der Waals surface area contributed by atoms with E-state index in [9.17, 15) is 0 Å². The molecule has 0 fully saturated rings. The van der Waals surface area contributed by atoms with Gasteiger partial charge in [-0.1, -0.05) is 26.7 Å². The van der Waals surface area contributed by atoms with Crippen LogP contribution in [0.15, 0.2) is 0 Å². The lowest BCUT2D eigenvalue weighted by molar-refractivity contribution is -0.0870. The molecule has 0 amide bonds. The first-order chi connectivity index (χ1) is 8.41. The van der Waals surface area contributed by atoms with Crippen molar-refractivity contribution in [1.82, 2.24) is 5.32 Å². The van der Waals surface area contributed by atoms with Crippen LogP contribution in [0.5, 0.6) is 0 Å². The molecule has 0 aromatic rings. The second-order valence-corrected chi connectivity index (χ2v) is 3.71. The SMILES string of the molecule is CCCCOCOCNCOCOCCCC. The number of ether oxygens (including phenoxy) is 4. The second kappa shape index (κ2) is 15.8. The molecule has 0 rings (SSSR count). The first-order valence-electron chi connectivity index (χ1n) is 6.43. The Balaban J connectivity index is 2.85. The Morgan fingerprint density at radius 2 is 1.18 bits per heavy atom. The molecule has 5 heteroatoms. The quantitative estimate of drug-likeness (QED) is 0.377. The summed E-state index contributed by atoms with van der Waals surface area (Å²) in [6, 6.07) is 0. The zero-order valence-electron chi connectivity index (χ0n) is 11.2. The van der Waals surface area contributed by atoms with Gasteiger partial charge >= 0.3 is 0 Å². The predicted molar refractivity (Wildman–Crippen MR) is 66.5 cm³/mol. The van der Waals surface area contributed by atoms with E-state index in [1.807, 2.05) is 0 Å². The molecule has 0 saturated carbocycles. The number of unbranched alkanes of at least 4 members (excludes halogenated alkanes) is 2. The highest BCUT2D eigenvalue weighted by Crippen LogP contribution is 1.88. The maximum atomic E-state index is 5.22. The summed E-state index contributed by atoms with van der Waals surface area (Å²) in [4.78, 5) is 0. The summed E-state index contributed by atoms with van der Waals surface area (Å²) < 4.78 is 20.8. The lowest BCUT2D eigenvalue weighted by Gasteiger charge is -2.08. The Bertz CT molecular complexity index is 122. The van der Waals surface area contributed by atoms with Crippen LogP contribution in [0.2, 0.25) is 0 Å². The van der Waals surface area contributed by atoms with Crippen molar-refractivity contribution < 1.29 is 18.9 Å². The summed E-state index contributed by atoms with van der Waals surface area (Å²) in [6.45, 7) is 7.32. The number of rotatable bonds is 14. The van der Waals surface area contributed by atoms with E-state index >= 15 is 0 Å². The summed E-state index contributed by atoms with van der Waals surface area (Å²) in [6.07, 6.45) is 4.44. The Kier molecular flexibility index (Phi) is 15.6. The van der Waals surface area contributed by atoms with E-state index in [0.29, 0.717) is 27.0 Å². The van der Waals surface area contributed by atoms with E-state index in [4.69, 9.17) is 18.9 Å². The Morgan fingerprint density at radius 3 is 1.59 bits per heavy atom. The standard InChI is InChI=1S/C12H27NO4/c1-3-5-7-14-11-16-9-13-10-17-12-15-8-6-4-2/h13H,3-12H2,1-2H3. The van der Waals surface area contributed by atoms with Crippen LogP contribution < -0.4 is 5.32 Å². The van der Waals surface area contributed by atoms with Crippen molar-refractivity contribution in [3.8, 4) is 0 Å². The third-order valence-corrected chi connectivity index (χ3v) is 2.03. The van der Waals surface area contributed by atoms with Crippen LogP contribution in [-0.4, -0.2) is 40.3 Å². The van der Waals surface area contributed by atoms with Crippen LogP contribution in [0.4, 0.5) is 0 Å². The maximum absolute atomic E-state index is 5.22. The first kappa shape index (κ1) is 16.8. The van der Waals surface area contributed by atoms with Gasteiger partial charge in [0.05, 0.1) is 0 Å². The van der Waals surface area contributed by atoms with E-state index in [1.165, 1.54) is 0 Å². The highest BCUT2D eigenvalue weighted by Gasteiger charge is 1.90. The third-order valence-electron chi connectivity index (χ3n) is 2.03. The first-order valence-corrected chi connectivity index (χ1v) is 6.43. The van der Waals surface area contributed by atoms with Gasteiger partial charge in [-0.25, -0.2) is 0 Å². The van der Waals surface area contributed by atoms with Crippen LogP contribution in [0.1, 0.15) is 39.5 Å². The number of hydrogen-bond acceptors (Lipinski definition) is 5. The van der Waals surface area contributed by atoms with Crippen molar-refractivity contribution in [3.63, 3.8) is 0 Å². The smallest absolute Gasteiger partial charge is 0.148 e. The second-order valence-electron chi connectivity index (χ2n) is 3.71. The van der Waals surface area contributed by atoms with E-state index in [2.05, 4.69) is 19.2 Å². The van der Waals surface area contributed by atoms with Gasteiger partial charge in [0.2, 0.25) is 0 Å². The van der Waals surface area contributed by atoms with Crippen LogP contribution >= 0.6 is 0 Å². The van der Waals surface area contributed by atoms with Gasteiger partial charge in [-0.2, -0.15) is 0 Å². The molecule has 1 N–H and O–H groups in total. The fourth-order valence-electron chi connectivity index (χ4n) is 0.998. The fourth-order valence-corrected chi connectivity index (χ4v) is 0.998. The molecule has 5 nitrogen and oxygen atoms in total. The summed E-state index contributed by atoms with van der Waals surface area (Å²) in [5, 5.41) is 2.96. The average molecular weight is 249 g/mol. The van der Waals surface area contributed by atoms with Crippen molar-refractivity contribution in [2.75, 3.05) is 40.3 Å². The molecule has 0 aromatic carbocycles. The normalized spacial score (nSPS) is 10.9. The van der Waals surface area contributed by atoms with Gasteiger partial charge in [-0.3, -0.25) is 5.32 Å². The summed E-state index contributed by atoms with van der Waals surface area (Å²) >= 11 is 0. The van der Waals surface area contributed by atoms with Gasteiger partial charge in [-0.05, 0) is 12.8 Å². The predicted octanol–water partition coefficient (Wildman–Crippen LogP) is 2.07. The topological polar surface area (TPSA) is 49.0 Å². The van der Waals surface area contributed by atoms with Gasteiger partial charge in [0, 0.05) is 13.2 Å². The van der Waals surface area contributed by atoms with Crippen LogP contribution in [0.3, 0.4) is 0 Å². The monoisotopic (exact) mass is 249 g/mol. The lowest BCUT2D eigenvalue weighted by atomic mass is 10.4. The molecule has 0 aliphatic carbocycles. The van der Waals surface area contributed by atoms with Crippen molar-refractivity contribution in [2.24, 2.45) is 0 Å². The average Bonchev–Trinajstić information content (AvgIpc) is 2.35. The summed E-state index contributed by atoms with van der Waals surface area (Å²) in [5.74, 6) is 0. The molecule has 0 unspecified atom stereocenters. The minimum atomic E-state index is 0.333. The van der Waals surface area contributed by atoms with Gasteiger partial charge in [0.25, 0.3) is 0 Å². The van der Waals surface area contributed by atoms with E-state index in [-0.39, 0.29) is 0 Å². The highest BCUT2D eigenvalue weighted by atomic mass is 16.7. The van der Waals surface area contributed by atoms with E-state index < -0.39 is 0 Å². The van der Waals surface area contributed by atoms with Crippen molar-refractivity contribution in [2.45, 2.75) is 39.5 Å². The summed E-state index contributed by atoms with van der Waals surface area (Å²) in [7, 11) is 0. The Hall–Kier alpha value is -0.200. The molecule has 0 aromatic heterocycles. The van der Waals surface area contributed by atoms with Gasteiger partial charge in [-0.15, -0.1) is 0 Å². The van der Waals surface area contributed by atoms with Crippen molar-refractivity contribution in [3.05, 3.63) is 0 Å². The molecule has 0 spiro atoms. The molecule has 0 aliphatic rings. The minimum Gasteiger partial charge on any atom is -0.355 e. The lowest BCUT2D eigenvalue weighted by Crippen LogP contribution is -2.23. The highest BCUT2D eigenvalue weighted by molar-refractivity contribution is 4.30. The molecular formula is C12H27NO4.